The first-order chi connectivity index (χ1) is 3.68. The van der Waals surface area contributed by atoms with Gasteiger partial charge in [0.05, 0.1) is 5.25 Å². The number of carbonyl (C=O) groups excluding carboxylic acids is 1. The third kappa shape index (κ3) is 2.80. The van der Waals surface area contributed by atoms with Gasteiger partial charge in [-0.15, -0.1) is 0 Å². The summed E-state index contributed by atoms with van der Waals surface area (Å²) in [5.74, 6) is -0.232. The Kier molecular flexibility index (Phi) is 3.52. The van der Waals surface area contributed by atoms with Crippen LogP contribution in [0.5, 0.6) is 0 Å². The van der Waals surface area contributed by atoms with Crippen LogP contribution in [0.1, 0.15) is 13.8 Å². The summed E-state index contributed by atoms with van der Waals surface area (Å²) in [5, 5.41) is 1.88. The average molecular weight is 133 g/mol. The van der Waals surface area contributed by atoms with Gasteiger partial charge in [0, 0.05) is 0 Å². The highest BCUT2D eigenvalue weighted by atomic mass is 32.1. The van der Waals surface area contributed by atoms with Crippen LogP contribution in [-0.4, -0.2) is 16.5 Å². The number of carbonyl (C=O) groups is 1. The quantitative estimate of drug-likeness (QED) is 0.408. The van der Waals surface area contributed by atoms with E-state index in [1.807, 2.05) is 19.2 Å². The monoisotopic (exact) mass is 133 g/mol. The van der Waals surface area contributed by atoms with Crippen molar-refractivity contribution in [1.29, 1.82) is 0 Å². The Bertz CT molecular complexity index is 111. The molecule has 1 atom stereocenters. The molecule has 1 unspecified atom stereocenters. The first kappa shape index (κ1) is 7.69. The zero-order valence-corrected chi connectivity index (χ0v) is 5.98. The predicted molar refractivity (Wildman–Crippen MR) is 39.4 cm³/mol. The van der Waals surface area contributed by atoms with Gasteiger partial charge in [0.25, 0.3) is 0 Å². The molecular formula is C5H11NOS. The molecule has 0 aromatic heterocycles. The van der Waals surface area contributed by atoms with Gasteiger partial charge >= 0.3 is 0 Å². The van der Waals surface area contributed by atoms with Crippen LogP contribution >= 0.6 is 11.4 Å². The van der Waals surface area contributed by atoms with Crippen molar-refractivity contribution >= 4 is 22.6 Å². The van der Waals surface area contributed by atoms with Crippen molar-refractivity contribution < 1.29 is 4.79 Å². The number of hydrogen-bond donors (Lipinski definition) is 2. The standard InChI is InChI=1S/C5H11NOS/c1-3-8-4(2)5(6)7/h3-4,8H,1-2H3,(H2,6,7). The molecule has 0 rings (SSSR count). The smallest absolute Gasteiger partial charge is 0.229 e. The molecule has 2 nitrogen and oxygen atoms in total. The molecule has 0 radical (unpaired) electrons. The summed E-state index contributed by atoms with van der Waals surface area (Å²) in [4.78, 5) is 10.3. The molecule has 0 heterocycles. The van der Waals surface area contributed by atoms with Crippen molar-refractivity contribution in [1.82, 2.24) is 0 Å². The third-order valence-electron chi connectivity index (χ3n) is 0.784. The van der Waals surface area contributed by atoms with Crippen LogP contribution in [0.4, 0.5) is 0 Å². The first-order valence-electron chi connectivity index (χ1n) is 2.45. The molecule has 8 heavy (non-hydrogen) atoms. The molecule has 0 saturated heterocycles. The summed E-state index contributed by atoms with van der Waals surface area (Å²) in [6, 6.07) is 0. The minimum atomic E-state index is -0.232. The van der Waals surface area contributed by atoms with Crippen LogP contribution in [-0.2, 0) is 4.79 Å². The average Bonchev–Trinajstić information content (AvgIpc) is 1.67. The van der Waals surface area contributed by atoms with E-state index in [0.29, 0.717) is 0 Å². The molecule has 0 aliphatic carbocycles. The van der Waals surface area contributed by atoms with Crippen LogP contribution in [0, 0.1) is 0 Å². The molecule has 0 spiro atoms. The van der Waals surface area contributed by atoms with Crippen molar-refractivity contribution in [3.8, 4) is 0 Å². The summed E-state index contributed by atoms with van der Waals surface area (Å²) >= 11 is 1.00. The maximum absolute atomic E-state index is 10.3. The lowest BCUT2D eigenvalue weighted by Gasteiger charge is -1.96. The molecule has 0 aromatic carbocycles. The molecule has 3 heteroatoms. The van der Waals surface area contributed by atoms with Crippen LogP contribution in [0.3, 0.4) is 0 Å². The Morgan fingerprint density at radius 1 is 1.88 bits per heavy atom. The van der Waals surface area contributed by atoms with E-state index in [1.165, 1.54) is 0 Å². The highest BCUT2D eigenvalue weighted by Crippen LogP contribution is 1.95. The Hall–Kier alpha value is -0.310. The summed E-state index contributed by atoms with van der Waals surface area (Å²) in [7, 11) is 0. The molecular weight excluding hydrogens is 122 g/mol. The SMILES string of the molecule is CC=[SH]C(C)C(N)=O. The highest BCUT2D eigenvalue weighted by Gasteiger charge is 2.00. The molecule has 0 bridgehead atoms. The van der Waals surface area contributed by atoms with Crippen LogP contribution in [0.15, 0.2) is 0 Å². The second kappa shape index (κ2) is 3.66. The summed E-state index contributed by atoms with van der Waals surface area (Å²) in [6.07, 6.45) is 0. The van der Waals surface area contributed by atoms with E-state index in [0.717, 1.165) is 11.4 Å². The van der Waals surface area contributed by atoms with Gasteiger partial charge in [-0.1, -0.05) is 5.37 Å². The lowest BCUT2D eigenvalue weighted by atomic mass is 10.5. The lowest BCUT2D eigenvalue weighted by Crippen LogP contribution is -2.21. The molecule has 0 aromatic rings. The Morgan fingerprint density at radius 3 is 2.50 bits per heavy atom. The summed E-state index contributed by atoms with van der Waals surface area (Å²) < 4.78 is 0. The molecule has 0 saturated carbocycles. The van der Waals surface area contributed by atoms with Gasteiger partial charge in [-0.2, -0.15) is 11.4 Å². The fourth-order valence-electron chi connectivity index (χ4n) is 0.297. The zero-order valence-electron chi connectivity index (χ0n) is 5.09. The number of thiol groups is 1. The number of amides is 1. The second-order valence-corrected chi connectivity index (χ2v) is 3.07. The van der Waals surface area contributed by atoms with Crippen LogP contribution in [0.2, 0.25) is 0 Å². The van der Waals surface area contributed by atoms with Gasteiger partial charge in [0.15, 0.2) is 0 Å². The lowest BCUT2D eigenvalue weighted by molar-refractivity contribution is -0.117. The molecule has 0 aliphatic heterocycles. The molecule has 2 N–H and O–H groups in total. The van der Waals surface area contributed by atoms with Gasteiger partial charge in [-0.3, -0.25) is 4.79 Å². The molecule has 0 aliphatic rings. The Morgan fingerprint density at radius 2 is 2.38 bits per heavy atom. The summed E-state index contributed by atoms with van der Waals surface area (Å²) in [5.41, 5.74) is 4.96. The Labute approximate surface area is 53.0 Å². The van der Waals surface area contributed by atoms with Crippen molar-refractivity contribution in [3.05, 3.63) is 0 Å². The first-order valence-corrected chi connectivity index (χ1v) is 3.49. The number of primary amides is 1. The Balaban J connectivity index is 3.64. The van der Waals surface area contributed by atoms with E-state index in [-0.39, 0.29) is 11.2 Å². The van der Waals surface area contributed by atoms with E-state index in [4.69, 9.17) is 5.73 Å². The second-order valence-electron chi connectivity index (χ2n) is 1.49. The van der Waals surface area contributed by atoms with Crippen LogP contribution < -0.4 is 5.73 Å². The minimum absolute atomic E-state index is 0.0278. The molecule has 48 valence electrons. The fraction of sp³-hybridized carbons (Fsp3) is 0.600. The van der Waals surface area contributed by atoms with Crippen LogP contribution in [0.25, 0.3) is 0 Å². The fourth-order valence-corrected chi connectivity index (χ4v) is 0.891. The van der Waals surface area contributed by atoms with E-state index >= 15 is 0 Å². The van der Waals surface area contributed by atoms with Crippen molar-refractivity contribution in [3.63, 3.8) is 0 Å². The van der Waals surface area contributed by atoms with Gasteiger partial charge in [0.2, 0.25) is 5.91 Å². The van der Waals surface area contributed by atoms with Gasteiger partial charge in [-0.25, -0.2) is 0 Å². The van der Waals surface area contributed by atoms with E-state index < -0.39 is 0 Å². The number of nitrogens with two attached hydrogens (primary N) is 1. The van der Waals surface area contributed by atoms with Gasteiger partial charge < -0.3 is 5.73 Å². The van der Waals surface area contributed by atoms with E-state index in [1.54, 1.807) is 0 Å². The maximum Gasteiger partial charge on any atom is 0.229 e. The zero-order chi connectivity index (χ0) is 6.57. The third-order valence-corrected chi connectivity index (χ3v) is 1.78. The number of hydrogen-bond acceptors (Lipinski definition) is 1. The van der Waals surface area contributed by atoms with Gasteiger partial charge in [0.1, 0.15) is 0 Å². The summed E-state index contributed by atoms with van der Waals surface area (Å²) in [6.45, 7) is 3.71. The largest absolute Gasteiger partial charge is 0.369 e. The molecule has 0 fully saturated rings. The van der Waals surface area contributed by atoms with Crippen molar-refractivity contribution in [2.45, 2.75) is 19.1 Å². The highest BCUT2D eigenvalue weighted by molar-refractivity contribution is 7.98. The predicted octanol–water partition coefficient (Wildman–Crippen LogP) is 0.148. The van der Waals surface area contributed by atoms with Crippen molar-refractivity contribution in [2.75, 3.05) is 0 Å². The van der Waals surface area contributed by atoms with E-state index in [2.05, 4.69) is 0 Å². The number of rotatable bonds is 2. The van der Waals surface area contributed by atoms with Crippen molar-refractivity contribution in [2.24, 2.45) is 5.73 Å². The molecule has 1 amide bonds. The topological polar surface area (TPSA) is 43.1 Å². The minimum Gasteiger partial charge on any atom is -0.369 e. The van der Waals surface area contributed by atoms with E-state index in [9.17, 15) is 4.79 Å². The van der Waals surface area contributed by atoms with Gasteiger partial charge in [-0.05, 0) is 13.8 Å². The maximum atomic E-state index is 10.3. The normalized spacial score (nSPS) is 15.2.